The molecule has 156 valence electrons. The number of Topliss-reactive ketones (excluding diaryl/α,β-unsaturated/α-hetero) is 1. The first-order chi connectivity index (χ1) is 13.8. The van der Waals surface area contributed by atoms with Gasteiger partial charge in [-0.1, -0.05) is 6.07 Å². The van der Waals surface area contributed by atoms with Gasteiger partial charge < -0.3 is 19.4 Å². The summed E-state index contributed by atoms with van der Waals surface area (Å²) in [6, 6.07) is 6.87. The molecule has 2 rings (SSSR count). The topological polar surface area (TPSA) is 86.6 Å². The smallest absolute Gasteiger partial charge is 0.325 e. The van der Waals surface area contributed by atoms with Crippen molar-refractivity contribution >= 4 is 17.7 Å². The van der Waals surface area contributed by atoms with Crippen LogP contribution in [0.1, 0.15) is 38.5 Å². The first kappa shape index (κ1) is 22.3. The zero-order chi connectivity index (χ0) is 21.4. The Bertz CT molecular complexity index is 891. The number of rotatable bonds is 10. The predicted molar refractivity (Wildman–Crippen MR) is 104 cm³/mol. The van der Waals surface area contributed by atoms with Crippen LogP contribution in [0.3, 0.4) is 0 Å². The molecule has 0 fully saturated rings. The number of aromatic nitrogens is 1. The Morgan fingerprint density at radius 3 is 2.62 bits per heavy atom. The highest BCUT2D eigenvalue weighted by atomic mass is 19.1. The Labute approximate surface area is 168 Å². The van der Waals surface area contributed by atoms with Crippen molar-refractivity contribution in [3.05, 3.63) is 58.7 Å². The Balaban J connectivity index is 1.85. The summed E-state index contributed by atoms with van der Waals surface area (Å²) in [5.41, 5.74) is 2.33. The summed E-state index contributed by atoms with van der Waals surface area (Å²) < 4.78 is 25.2. The lowest BCUT2D eigenvalue weighted by Crippen LogP contribution is -2.31. The second kappa shape index (κ2) is 10.5. The van der Waals surface area contributed by atoms with Gasteiger partial charge in [-0.15, -0.1) is 0 Å². The predicted octanol–water partition coefficient (Wildman–Crippen LogP) is 2.44. The van der Waals surface area contributed by atoms with Gasteiger partial charge in [0.15, 0.2) is 6.61 Å². The van der Waals surface area contributed by atoms with Crippen LogP contribution in [0.5, 0.6) is 0 Å². The first-order valence-electron chi connectivity index (χ1n) is 9.21. The number of esters is 1. The summed E-state index contributed by atoms with van der Waals surface area (Å²) in [6.45, 7) is 4.26. The molecule has 7 nitrogen and oxygen atoms in total. The number of nitrogens with zero attached hydrogens (tertiary/aromatic N) is 1. The number of ketones is 1. The van der Waals surface area contributed by atoms with Gasteiger partial charge in [-0.05, 0) is 44.5 Å². The maximum absolute atomic E-state index is 13.1. The van der Waals surface area contributed by atoms with Crippen molar-refractivity contribution in [3.8, 4) is 0 Å². The Hall–Kier alpha value is -3.00. The molecule has 1 aromatic heterocycles. The number of hydrogen-bond donors (Lipinski definition) is 1. The summed E-state index contributed by atoms with van der Waals surface area (Å²) in [5, 5.41) is 2.34. The van der Waals surface area contributed by atoms with Crippen LogP contribution in [-0.2, 0) is 20.8 Å². The molecule has 0 atom stereocenters. The van der Waals surface area contributed by atoms with E-state index in [2.05, 4.69) is 5.32 Å². The van der Waals surface area contributed by atoms with Crippen LogP contribution in [0, 0.1) is 19.7 Å². The Morgan fingerprint density at radius 2 is 1.93 bits per heavy atom. The molecule has 2 aromatic rings. The molecule has 8 heteroatoms. The summed E-state index contributed by atoms with van der Waals surface area (Å²) in [5.74, 6) is -2.23. The molecule has 1 heterocycles. The van der Waals surface area contributed by atoms with E-state index in [1.807, 2.05) is 18.4 Å². The van der Waals surface area contributed by atoms with Crippen molar-refractivity contribution in [2.24, 2.45) is 0 Å². The van der Waals surface area contributed by atoms with Crippen LogP contribution in [0.15, 0.2) is 30.3 Å². The van der Waals surface area contributed by atoms with Gasteiger partial charge in [0.25, 0.3) is 5.91 Å². The number of halogens is 1. The Kier molecular flexibility index (Phi) is 8.09. The Morgan fingerprint density at radius 1 is 1.17 bits per heavy atom. The average Bonchev–Trinajstić information content (AvgIpc) is 2.98. The second-order valence-corrected chi connectivity index (χ2v) is 6.56. The number of hydrogen-bond acceptors (Lipinski definition) is 5. The number of aryl methyl sites for hydroxylation is 1. The molecule has 0 unspecified atom stereocenters. The molecule has 0 bridgehead atoms. The SMILES string of the molecule is COCCCn1c(C)cc(C(=O)COC(=O)CNC(=O)c2cccc(F)c2)c1C. The fourth-order valence-corrected chi connectivity index (χ4v) is 2.95. The highest BCUT2D eigenvalue weighted by Crippen LogP contribution is 2.16. The number of amides is 1. The van der Waals surface area contributed by atoms with Crippen molar-refractivity contribution in [2.45, 2.75) is 26.8 Å². The molecule has 0 aliphatic heterocycles. The van der Waals surface area contributed by atoms with E-state index in [0.29, 0.717) is 12.2 Å². The summed E-state index contributed by atoms with van der Waals surface area (Å²) in [7, 11) is 1.64. The molecule has 1 amide bonds. The van der Waals surface area contributed by atoms with Gasteiger partial charge in [0.2, 0.25) is 5.78 Å². The summed E-state index contributed by atoms with van der Waals surface area (Å²) in [6.07, 6.45) is 0.820. The van der Waals surface area contributed by atoms with Gasteiger partial charge in [0.1, 0.15) is 12.4 Å². The third kappa shape index (κ3) is 6.25. The van der Waals surface area contributed by atoms with E-state index in [4.69, 9.17) is 9.47 Å². The van der Waals surface area contributed by atoms with E-state index in [9.17, 15) is 18.8 Å². The fourth-order valence-electron chi connectivity index (χ4n) is 2.95. The molecule has 0 saturated heterocycles. The number of carbonyl (C=O) groups is 3. The van der Waals surface area contributed by atoms with Gasteiger partial charge in [0.05, 0.1) is 0 Å². The highest BCUT2D eigenvalue weighted by molar-refractivity contribution is 6.00. The quantitative estimate of drug-likeness (QED) is 0.373. The van der Waals surface area contributed by atoms with Crippen LogP contribution >= 0.6 is 0 Å². The van der Waals surface area contributed by atoms with E-state index in [-0.39, 0.29) is 11.3 Å². The second-order valence-electron chi connectivity index (χ2n) is 6.56. The minimum Gasteiger partial charge on any atom is -0.456 e. The maximum Gasteiger partial charge on any atom is 0.325 e. The van der Waals surface area contributed by atoms with Crippen molar-refractivity contribution in [1.29, 1.82) is 0 Å². The molecule has 1 aromatic carbocycles. The van der Waals surface area contributed by atoms with Crippen LogP contribution in [-0.4, -0.2) is 49.1 Å². The van der Waals surface area contributed by atoms with E-state index >= 15 is 0 Å². The van der Waals surface area contributed by atoms with Gasteiger partial charge in [-0.25, -0.2) is 4.39 Å². The number of ether oxygens (including phenoxy) is 2. The fraction of sp³-hybridized carbons (Fsp3) is 0.381. The van der Waals surface area contributed by atoms with Gasteiger partial charge in [-0.3, -0.25) is 14.4 Å². The maximum atomic E-state index is 13.1. The molecule has 0 aliphatic rings. The van der Waals surface area contributed by atoms with E-state index in [1.165, 1.54) is 18.2 Å². The molecule has 0 radical (unpaired) electrons. The standard InChI is InChI=1S/C21H25FN2O5/c1-14-10-18(15(2)24(14)8-5-9-28-3)19(25)13-29-20(26)12-23-21(27)16-6-4-7-17(22)11-16/h4,6-7,10-11H,5,8-9,12-13H2,1-3H3,(H,23,27). The first-order valence-corrected chi connectivity index (χ1v) is 9.21. The van der Waals surface area contributed by atoms with Crippen molar-refractivity contribution in [3.63, 3.8) is 0 Å². The minimum absolute atomic E-state index is 0.0924. The van der Waals surface area contributed by atoms with Crippen LogP contribution in [0.4, 0.5) is 4.39 Å². The van der Waals surface area contributed by atoms with E-state index in [1.54, 1.807) is 13.2 Å². The molecular formula is C21H25FN2O5. The number of nitrogens with one attached hydrogen (secondary N) is 1. The molecule has 1 N–H and O–H groups in total. The number of methoxy groups -OCH3 is 1. The number of carbonyl (C=O) groups excluding carboxylic acids is 3. The molecular weight excluding hydrogens is 379 g/mol. The van der Waals surface area contributed by atoms with Crippen molar-refractivity contribution in [1.82, 2.24) is 9.88 Å². The average molecular weight is 404 g/mol. The van der Waals surface area contributed by atoms with Crippen molar-refractivity contribution in [2.75, 3.05) is 26.9 Å². The zero-order valence-corrected chi connectivity index (χ0v) is 16.8. The summed E-state index contributed by atoms with van der Waals surface area (Å²) >= 11 is 0. The van der Waals surface area contributed by atoms with Gasteiger partial charge in [-0.2, -0.15) is 0 Å². The van der Waals surface area contributed by atoms with Crippen molar-refractivity contribution < 1.29 is 28.2 Å². The van der Waals surface area contributed by atoms with E-state index in [0.717, 1.165) is 30.4 Å². The van der Waals surface area contributed by atoms with Crippen LogP contribution < -0.4 is 5.32 Å². The van der Waals surface area contributed by atoms with Crippen LogP contribution in [0.25, 0.3) is 0 Å². The molecule has 0 saturated carbocycles. The normalized spacial score (nSPS) is 10.6. The molecule has 0 aliphatic carbocycles. The van der Waals surface area contributed by atoms with E-state index < -0.39 is 30.8 Å². The molecule has 29 heavy (non-hydrogen) atoms. The minimum atomic E-state index is -0.753. The molecule has 0 spiro atoms. The lowest BCUT2D eigenvalue weighted by Gasteiger charge is -2.09. The third-order valence-corrected chi connectivity index (χ3v) is 4.45. The zero-order valence-electron chi connectivity index (χ0n) is 16.8. The monoisotopic (exact) mass is 404 g/mol. The largest absolute Gasteiger partial charge is 0.456 e. The van der Waals surface area contributed by atoms with Crippen LogP contribution in [0.2, 0.25) is 0 Å². The lowest BCUT2D eigenvalue weighted by atomic mass is 10.1. The highest BCUT2D eigenvalue weighted by Gasteiger charge is 2.17. The summed E-state index contributed by atoms with van der Waals surface area (Å²) in [4.78, 5) is 36.1. The van der Waals surface area contributed by atoms with Gasteiger partial charge in [0, 0.05) is 42.8 Å². The third-order valence-electron chi connectivity index (χ3n) is 4.45. The number of benzene rings is 1. The lowest BCUT2D eigenvalue weighted by molar-refractivity contribution is -0.141. The van der Waals surface area contributed by atoms with Gasteiger partial charge >= 0.3 is 5.97 Å².